The van der Waals surface area contributed by atoms with Gasteiger partial charge in [0.15, 0.2) is 0 Å². The van der Waals surface area contributed by atoms with Gasteiger partial charge in [0.1, 0.15) is 5.60 Å². The number of hydrogen-bond acceptors (Lipinski definition) is 4. The SMILES string of the molecule is CC(C)(C)OC(=O)N1CCN(C(=O)Nc2ccncc2)CC1Cc1ccccc1. The van der Waals surface area contributed by atoms with E-state index in [9.17, 15) is 9.59 Å². The summed E-state index contributed by atoms with van der Waals surface area (Å²) in [5.41, 5.74) is 1.24. The Kier molecular flexibility index (Phi) is 6.36. The second-order valence-electron chi connectivity index (χ2n) is 8.13. The number of amides is 3. The molecular formula is C22H28N4O3. The molecule has 3 amide bonds. The monoisotopic (exact) mass is 396 g/mol. The molecule has 29 heavy (non-hydrogen) atoms. The summed E-state index contributed by atoms with van der Waals surface area (Å²) in [6.45, 7) is 6.88. The first-order chi connectivity index (χ1) is 13.8. The van der Waals surface area contributed by atoms with Crippen LogP contribution in [0.3, 0.4) is 0 Å². The lowest BCUT2D eigenvalue weighted by atomic mass is 10.0. The highest BCUT2D eigenvalue weighted by Crippen LogP contribution is 2.20. The number of nitrogens with one attached hydrogen (secondary N) is 1. The highest BCUT2D eigenvalue weighted by atomic mass is 16.6. The Labute approximate surface area is 171 Å². The summed E-state index contributed by atoms with van der Waals surface area (Å²) in [4.78, 5) is 32.9. The first-order valence-electron chi connectivity index (χ1n) is 9.81. The second kappa shape index (κ2) is 8.94. The number of urea groups is 1. The van der Waals surface area contributed by atoms with E-state index in [0.29, 0.717) is 31.7 Å². The van der Waals surface area contributed by atoms with E-state index in [-0.39, 0.29) is 18.2 Å². The van der Waals surface area contributed by atoms with Crippen LogP contribution in [-0.4, -0.2) is 58.2 Å². The summed E-state index contributed by atoms with van der Waals surface area (Å²) in [6, 6.07) is 13.1. The summed E-state index contributed by atoms with van der Waals surface area (Å²) in [5, 5.41) is 2.89. The predicted molar refractivity (Wildman–Crippen MR) is 112 cm³/mol. The van der Waals surface area contributed by atoms with Crippen LogP contribution in [0.1, 0.15) is 26.3 Å². The van der Waals surface area contributed by atoms with E-state index in [1.54, 1.807) is 34.3 Å². The molecule has 154 valence electrons. The average Bonchev–Trinajstić information content (AvgIpc) is 2.68. The molecule has 1 aromatic heterocycles. The standard InChI is InChI=1S/C22H28N4O3/c1-22(2,3)29-21(28)26-14-13-25(20(27)24-18-9-11-23-12-10-18)16-19(26)15-17-7-5-4-6-8-17/h4-12,19H,13-16H2,1-3H3,(H,23,24,27). The molecule has 1 aliphatic heterocycles. The molecule has 1 aromatic carbocycles. The zero-order valence-electron chi connectivity index (χ0n) is 17.2. The largest absolute Gasteiger partial charge is 0.444 e. The van der Waals surface area contributed by atoms with Crippen LogP contribution in [0.25, 0.3) is 0 Å². The number of piperazine rings is 1. The van der Waals surface area contributed by atoms with Gasteiger partial charge < -0.3 is 19.9 Å². The van der Waals surface area contributed by atoms with Crippen LogP contribution in [0.5, 0.6) is 0 Å². The molecule has 7 nitrogen and oxygen atoms in total. The highest BCUT2D eigenvalue weighted by molar-refractivity contribution is 5.89. The number of aromatic nitrogens is 1. The zero-order chi connectivity index (χ0) is 20.9. The Morgan fingerprint density at radius 2 is 1.79 bits per heavy atom. The van der Waals surface area contributed by atoms with Gasteiger partial charge in [-0.05, 0) is 44.9 Å². The molecule has 0 spiro atoms. The third-order valence-corrected chi connectivity index (χ3v) is 4.64. The number of hydrogen-bond donors (Lipinski definition) is 1. The molecule has 1 saturated heterocycles. The van der Waals surface area contributed by atoms with Crippen molar-refractivity contribution >= 4 is 17.8 Å². The molecule has 3 rings (SSSR count). The molecule has 0 radical (unpaired) electrons. The maximum atomic E-state index is 12.8. The number of carbonyl (C=O) groups is 2. The summed E-state index contributed by atoms with van der Waals surface area (Å²) in [6.07, 6.45) is 3.58. The molecule has 0 saturated carbocycles. The molecule has 0 bridgehead atoms. The van der Waals surface area contributed by atoms with Gasteiger partial charge >= 0.3 is 12.1 Å². The minimum atomic E-state index is -0.565. The van der Waals surface area contributed by atoms with Gasteiger partial charge in [-0.3, -0.25) is 4.98 Å². The van der Waals surface area contributed by atoms with Crippen molar-refractivity contribution in [2.75, 3.05) is 25.0 Å². The molecular weight excluding hydrogens is 368 g/mol. The van der Waals surface area contributed by atoms with Crippen molar-refractivity contribution in [1.29, 1.82) is 0 Å². The van der Waals surface area contributed by atoms with Crippen molar-refractivity contribution < 1.29 is 14.3 Å². The van der Waals surface area contributed by atoms with E-state index < -0.39 is 5.60 Å². The van der Waals surface area contributed by atoms with Gasteiger partial charge in [-0.15, -0.1) is 0 Å². The Bertz CT molecular complexity index is 821. The van der Waals surface area contributed by atoms with Gasteiger partial charge in [0.05, 0.1) is 6.04 Å². The van der Waals surface area contributed by atoms with Crippen LogP contribution in [0.15, 0.2) is 54.9 Å². The van der Waals surface area contributed by atoms with Crippen LogP contribution in [-0.2, 0) is 11.2 Å². The molecule has 1 unspecified atom stereocenters. The van der Waals surface area contributed by atoms with Crippen molar-refractivity contribution in [3.63, 3.8) is 0 Å². The quantitative estimate of drug-likeness (QED) is 0.857. The van der Waals surface area contributed by atoms with Gasteiger partial charge in [-0.1, -0.05) is 30.3 Å². The number of benzene rings is 1. The lowest BCUT2D eigenvalue weighted by Gasteiger charge is -2.41. The fourth-order valence-corrected chi connectivity index (χ4v) is 3.30. The van der Waals surface area contributed by atoms with Crippen molar-refractivity contribution in [3.05, 3.63) is 60.4 Å². The molecule has 0 aliphatic carbocycles. The minimum Gasteiger partial charge on any atom is -0.444 e. The van der Waals surface area contributed by atoms with E-state index in [1.165, 1.54) is 0 Å². The fraction of sp³-hybridized carbons (Fsp3) is 0.409. The number of anilines is 1. The lowest BCUT2D eigenvalue weighted by molar-refractivity contribution is 0.00338. The first kappa shape index (κ1) is 20.6. The minimum absolute atomic E-state index is 0.163. The molecule has 2 aromatic rings. The molecule has 7 heteroatoms. The van der Waals surface area contributed by atoms with Gasteiger partial charge in [-0.2, -0.15) is 0 Å². The summed E-state index contributed by atoms with van der Waals surface area (Å²) in [7, 11) is 0. The van der Waals surface area contributed by atoms with Gasteiger partial charge in [0, 0.05) is 37.7 Å². The fourth-order valence-electron chi connectivity index (χ4n) is 3.30. The average molecular weight is 396 g/mol. The van der Waals surface area contributed by atoms with Gasteiger partial charge in [0.25, 0.3) is 0 Å². The summed E-state index contributed by atoms with van der Waals surface area (Å²) in [5.74, 6) is 0. The molecule has 2 heterocycles. The lowest BCUT2D eigenvalue weighted by Crippen LogP contribution is -2.58. The van der Waals surface area contributed by atoms with E-state index in [4.69, 9.17) is 4.74 Å². The van der Waals surface area contributed by atoms with E-state index >= 15 is 0 Å². The van der Waals surface area contributed by atoms with Crippen molar-refractivity contribution in [3.8, 4) is 0 Å². The van der Waals surface area contributed by atoms with Crippen molar-refractivity contribution in [2.45, 2.75) is 38.8 Å². The number of pyridine rings is 1. The van der Waals surface area contributed by atoms with E-state index in [1.807, 2.05) is 51.1 Å². The maximum Gasteiger partial charge on any atom is 0.410 e. The second-order valence-corrected chi connectivity index (χ2v) is 8.13. The summed E-state index contributed by atoms with van der Waals surface area (Å²) >= 11 is 0. The first-order valence-corrected chi connectivity index (χ1v) is 9.81. The van der Waals surface area contributed by atoms with Crippen LogP contribution >= 0.6 is 0 Å². The normalized spacial score (nSPS) is 17.0. The Morgan fingerprint density at radius 1 is 1.10 bits per heavy atom. The molecule has 1 N–H and O–H groups in total. The topological polar surface area (TPSA) is 74.8 Å². The smallest absolute Gasteiger partial charge is 0.410 e. The highest BCUT2D eigenvalue weighted by Gasteiger charge is 2.35. The molecule has 1 fully saturated rings. The van der Waals surface area contributed by atoms with Gasteiger partial charge in [0.2, 0.25) is 0 Å². The van der Waals surface area contributed by atoms with E-state index in [0.717, 1.165) is 5.56 Å². The van der Waals surface area contributed by atoms with Crippen LogP contribution in [0.4, 0.5) is 15.3 Å². The maximum absolute atomic E-state index is 12.8. The number of ether oxygens (including phenoxy) is 1. The van der Waals surface area contributed by atoms with Crippen LogP contribution in [0, 0.1) is 0 Å². The Hall–Kier alpha value is -3.09. The van der Waals surface area contributed by atoms with Crippen molar-refractivity contribution in [2.24, 2.45) is 0 Å². The number of nitrogens with zero attached hydrogens (tertiary/aromatic N) is 3. The molecule has 1 aliphatic rings. The van der Waals surface area contributed by atoms with Crippen LogP contribution < -0.4 is 5.32 Å². The molecule has 1 atom stereocenters. The third-order valence-electron chi connectivity index (χ3n) is 4.64. The van der Waals surface area contributed by atoms with Crippen LogP contribution in [0.2, 0.25) is 0 Å². The Morgan fingerprint density at radius 3 is 2.45 bits per heavy atom. The Balaban J connectivity index is 1.72. The number of carbonyl (C=O) groups excluding carboxylic acids is 2. The predicted octanol–water partition coefficient (Wildman–Crippen LogP) is 3.78. The summed E-state index contributed by atoms with van der Waals surface area (Å²) < 4.78 is 5.60. The van der Waals surface area contributed by atoms with Gasteiger partial charge in [-0.25, -0.2) is 9.59 Å². The van der Waals surface area contributed by atoms with Crippen molar-refractivity contribution in [1.82, 2.24) is 14.8 Å². The number of rotatable bonds is 3. The zero-order valence-corrected chi connectivity index (χ0v) is 17.2. The van der Waals surface area contributed by atoms with E-state index in [2.05, 4.69) is 10.3 Å². The third kappa shape index (κ3) is 5.94.